The molecule has 0 unspecified atom stereocenters. The molecule has 0 saturated carbocycles. The number of hydrogen-bond donors (Lipinski definition) is 0. The van der Waals surface area contributed by atoms with Gasteiger partial charge in [-0.15, -0.1) is 0 Å². The third-order valence-electron chi connectivity index (χ3n) is 6.57. The molecule has 0 N–H and O–H groups in total. The van der Waals surface area contributed by atoms with Crippen molar-refractivity contribution < 1.29 is 4.79 Å². The van der Waals surface area contributed by atoms with Gasteiger partial charge in [0, 0.05) is 31.1 Å². The molecule has 0 spiro atoms. The number of aliphatic imine (C=N–C) groups is 1. The third-order valence-corrected chi connectivity index (χ3v) is 6.57. The van der Waals surface area contributed by atoms with E-state index in [1.807, 2.05) is 50.2 Å². The molecule has 2 aliphatic rings. The van der Waals surface area contributed by atoms with Gasteiger partial charge in [-0.25, -0.2) is 9.79 Å². The summed E-state index contributed by atoms with van der Waals surface area (Å²) in [5.74, 6) is -0.778. The van der Waals surface area contributed by atoms with Crippen LogP contribution in [0.15, 0.2) is 57.0 Å². The topological polar surface area (TPSA) is 73.4 Å². The summed E-state index contributed by atoms with van der Waals surface area (Å²) in [6, 6.07) is 13.3. The number of aromatic nitrogens is 2. The van der Waals surface area contributed by atoms with Crippen molar-refractivity contribution in [2.45, 2.75) is 19.8 Å². The van der Waals surface area contributed by atoms with E-state index in [0.717, 1.165) is 26.8 Å². The fourth-order valence-corrected chi connectivity index (χ4v) is 4.81. The summed E-state index contributed by atoms with van der Waals surface area (Å²) in [5, 5.41) is 0. The minimum absolute atomic E-state index is 0.0307. The highest BCUT2D eigenvalue weighted by Gasteiger charge is 2.48. The van der Waals surface area contributed by atoms with Crippen molar-refractivity contribution in [2.24, 2.45) is 25.0 Å². The Kier molecular flexibility index (Phi) is 3.84. The second-order valence-corrected chi connectivity index (χ2v) is 8.09. The molecule has 0 bridgehead atoms. The molecular weight excluding hydrogens is 378 g/mol. The lowest BCUT2D eigenvalue weighted by Gasteiger charge is -2.31. The summed E-state index contributed by atoms with van der Waals surface area (Å²) in [6.45, 7) is 4.02. The van der Waals surface area contributed by atoms with E-state index in [0.29, 0.717) is 22.7 Å². The van der Waals surface area contributed by atoms with Crippen LogP contribution in [-0.2, 0) is 14.1 Å². The van der Waals surface area contributed by atoms with Crippen LogP contribution in [0.1, 0.15) is 44.1 Å². The molecule has 6 heteroatoms. The Bertz CT molecular complexity index is 1410. The molecule has 1 aliphatic heterocycles. The molecule has 30 heavy (non-hydrogen) atoms. The predicted molar refractivity (Wildman–Crippen MR) is 115 cm³/mol. The molecule has 150 valence electrons. The second-order valence-electron chi connectivity index (χ2n) is 8.09. The molecule has 5 rings (SSSR count). The summed E-state index contributed by atoms with van der Waals surface area (Å²) in [4.78, 5) is 44.2. The highest BCUT2D eigenvalue weighted by Crippen LogP contribution is 2.47. The van der Waals surface area contributed by atoms with Crippen LogP contribution in [0.5, 0.6) is 0 Å². The van der Waals surface area contributed by atoms with E-state index < -0.39 is 23.1 Å². The number of hydrogen-bond acceptors (Lipinski definition) is 4. The molecule has 1 aliphatic carbocycles. The smallest absolute Gasteiger partial charge is 0.293 e. The number of nitrogens with zero attached hydrogens (tertiary/aromatic N) is 3. The first kappa shape index (κ1) is 18.5. The van der Waals surface area contributed by atoms with Gasteiger partial charge in [0.05, 0.1) is 17.2 Å². The highest BCUT2D eigenvalue weighted by atomic mass is 16.2. The Balaban J connectivity index is 1.94. The SMILES string of the molecule is Cc1cccc([C@@H]2c3c(n(C)c(=O)n(C)c3=O)N=C3c4ccccc4C(=O)[C@@H]32)c1C. The van der Waals surface area contributed by atoms with Crippen molar-refractivity contribution in [1.29, 1.82) is 0 Å². The summed E-state index contributed by atoms with van der Waals surface area (Å²) < 4.78 is 2.51. The quantitative estimate of drug-likeness (QED) is 0.632. The Labute approximate surface area is 173 Å². The van der Waals surface area contributed by atoms with Crippen LogP contribution in [0, 0.1) is 19.8 Å². The molecule has 0 radical (unpaired) electrons. The normalized spacial score (nSPS) is 19.2. The van der Waals surface area contributed by atoms with Gasteiger partial charge in [-0.1, -0.05) is 42.5 Å². The summed E-state index contributed by atoms with van der Waals surface area (Å²) in [7, 11) is 3.09. The first-order valence-corrected chi connectivity index (χ1v) is 9.91. The highest BCUT2D eigenvalue weighted by molar-refractivity contribution is 6.30. The van der Waals surface area contributed by atoms with Gasteiger partial charge in [0.2, 0.25) is 0 Å². The zero-order valence-corrected chi connectivity index (χ0v) is 17.3. The first-order valence-electron chi connectivity index (χ1n) is 9.91. The van der Waals surface area contributed by atoms with Crippen molar-refractivity contribution in [1.82, 2.24) is 9.13 Å². The van der Waals surface area contributed by atoms with Crippen molar-refractivity contribution >= 4 is 17.3 Å². The van der Waals surface area contributed by atoms with Crippen molar-refractivity contribution in [3.63, 3.8) is 0 Å². The number of Topliss-reactive ketones (excluding diaryl/α,β-unsaturated/α-hetero) is 1. The number of carbonyl (C=O) groups excluding carboxylic acids is 1. The average molecular weight is 399 g/mol. The maximum atomic E-state index is 13.5. The lowest BCUT2D eigenvalue weighted by atomic mass is 9.74. The lowest BCUT2D eigenvalue weighted by Crippen LogP contribution is -2.43. The molecule has 2 aromatic carbocycles. The van der Waals surface area contributed by atoms with Crippen LogP contribution in [0.3, 0.4) is 0 Å². The third kappa shape index (κ3) is 2.24. The van der Waals surface area contributed by atoms with Crippen LogP contribution in [0.4, 0.5) is 5.82 Å². The molecule has 1 aromatic heterocycles. The fourth-order valence-electron chi connectivity index (χ4n) is 4.81. The maximum Gasteiger partial charge on any atom is 0.332 e. The maximum absolute atomic E-state index is 13.5. The largest absolute Gasteiger partial charge is 0.332 e. The van der Waals surface area contributed by atoms with Crippen molar-refractivity contribution in [2.75, 3.05) is 0 Å². The Morgan fingerprint density at radius 3 is 2.27 bits per heavy atom. The van der Waals surface area contributed by atoms with E-state index >= 15 is 0 Å². The van der Waals surface area contributed by atoms with E-state index in [1.165, 1.54) is 11.6 Å². The minimum atomic E-state index is -0.583. The van der Waals surface area contributed by atoms with E-state index in [9.17, 15) is 14.4 Å². The number of benzene rings is 2. The van der Waals surface area contributed by atoms with Crippen molar-refractivity contribution in [3.8, 4) is 0 Å². The number of fused-ring (bicyclic) bond motifs is 4. The van der Waals surface area contributed by atoms with E-state index in [1.54, 1.807) is 13.1 Å². The van der Waals surface area contributed by atoms with Crippen molar-refractivity contribution in [3.05, 3.63) is 96.7 Å². The van der Waals surface area contributed by atoms with Gasteiger partial charge in [0.1, 0.15) is 5.82 Å². The van der Waals surface area contributed by atoms with E-state index in [4.69, 9.17) is 4.99 Å². The molecule has 6 nitrogen and oxygen atoms in total. The van der Waals surface area contributed by atoms with Crippen LogP contribution in [-0.4, -0.2) is 20.6 Å². The average Bonchev–Trinajstić information content (AvgIpc) is 3.04. The molecular formula is C24H21N3O3. The first-order chi connectivity index (χ1) is 14.3. The molecule has 0 fully saturated rings. The number of ketones is 1. The van der Waals surface area contributed by atoms with E-state index in [-0.39, 0.29) is 5.78 Å². The summed E-state index contributed by atoms with van der Waals surface area (Å²) >= 11 is 0. The lowest BCUT2D eigenvalue weighted by molar-refractivity contribution is 0.0953. The van der Waals surface area contributed by atoms with E-state index in [2.05, 4.69) is 0 Å². The second kappa shape index (κ2) is 6.23. The van der Waals surface area contributed by atoms with Crippen LogP contribution >= 0.6 is 0 Å². The number of aryl methyl sites for hydroxylation is 1. The van der Waals surface area contributed by atoms with Gasteiger partial charge in [0.15, 0.2) is 5.78 Å². The van der Waals surface area contributed by atoms with Crippen LogP contribution in [0.25, 0.3) is 0 Å². The summed E-state index contributed by atoms with van der Waals surface area (Å²) in [6.07, 6.45) is 0. The van der Waals surface area contributed by atoms with Gasteiger partial charge < -0.3 is 0 Å². The Hall–Kier alpha value is -3.54. The van der Waals surface area contributed by atoms with Gasteiger partial charge in [-0.2, -0.15) is 0 Å². The minimum Gasteiger partial charge on any atom is -0.293 e. The van der Waals surface area contributed by atoms with Crippen LogP contribution in [0.2, 0.25) is 0 Å². The fraction of sp³-hybridized carbons (Fsp3) is 0.250. The number of carbonyl (C=O) groups is 1. The van der Waals surface area contributed by atoms with Gasteiger partial charge in [0.25, 0.3) is 5.56 Å². The summed E-state index contributed by atoms with van der Waals surface area (Å²) in [5.41, 5.74) is 4.65. The van der Waals surface area contributed by atoms with Gasteiger partial charge >= 0.3 is 5.69 Å². The van der Waals surface area contributed by atoms with Gasteiger partial charge in [-0.05, 0) is 30.5 Å². The predicted octanol–water partition coefficient (Wildman–Crippen LogP) is 2.78. The Morgan fingerprint density at radius 2 is 1.53 bits per heavy atom. The molecule has 2 atom stereocenters. The molecule has 2 heterocycles. The molecule has 0 amide bonds. The standard InChI is InChI=1S/C24H21N3O3/c1-12-8-7-11-14(13(12)2)17-18-20(15-9-5-6-10-16(15)21(18)28)25-22-19(17)23(29)27(4)24(30)26(22)3/h5-11,17-18H,1-4H3/t17-,18+/m0/s1. The molecule has 0 saturated heterocycles. The zero-order chi connectivity index (χ0) is 21.3. The zero-order valence-electron chi connectivity index (χ0n) is 17.3. The van der Waals surface area contributed by atoms with Gasteiger partial charge in [-0.3, -0.25) is 18.7 Å². The number of rotatable bonds is 1. The monoisotopic (exact) mass is 399 g/mol. The molecule has 3 aromatic rings. The van der Waals surface area contributed by atoms with Crippen LogP contribution < -0.4 is 11.2 Å². The Morgan fingerprint density at radius 1 is 0.833 bits per heavy atom.